The van der Waals surface area contributed by atoms with E-state index in [1.54, 1.807) is 0 Å². The second-order valence-corrected chi connectivity index (χ2v) is 9.08. The maximum Gasteiger partial charge on any atom is 0.236 e. The summed E-state index contributed by atoms with van der Waals surface area (Å²) in [7, 11) is 0. The van der Waals surface area contributed by atoms with Crippen molar-refractivity contribution in [3.8, 4) is 0 Å². The van der Waals surface area contributed by atoms with Crippen molar-refractivity contribution in [1.82, 2.24) is 19.8 Å². The molecule has 4 heterocycles. The average Bonchev–Trinajstić information content (AvgIpc) is 3.15. The number of hydrogen-bond donors (Lipinski definition) is 0. The van der Waals surface area contributed by atoms with Crippen LogP contribution < -0.4 is 4.90 Å². The lowest BCUT2D eigenvalue weighted by molar-refractivity contribution is -0.132. The summed E-state index contributed by atoms with van der Waals surface area (Å²) in [5.41, 5.74) is 2.40. The number of piperazine rings is 1. The molecule has 2 aliphatic rings. The molecular formula is C21H29N5OS. The molecule has 1 amide bonds. The van der Waals surface area contributed by atoms with Crippen LogP contribution in [-0.4, -0.2) is 64.9 Å². The third-order valence-electron chi connectivity index (χ3n) is 5.58. The molecule has 0 spiro atoms. The van der Waals surface area contributed by atoms with Crippen LogP contribution in [0.3, 0.4) is 0 Å². The number of fused-ring (bicyclic) bond motifs is 1. The van der Waals surface area contributed by atoms with Gasteiger partial charge in [0.15, 0.2) is 0 Å². The molecule has 1 saturated heterocycles. The minimum atomic E-state index is 0.250. The molecule has 2 aromatic heterocycles. The Morgan fingerprint density at radius 2 is 1.96 bits per heavy atom. The first-order valence-electron chi connectivity index (χ1n) is 10.2. The lowest BCUT2D eigenvalue weighted by Crippen LogP contribution is -2.51. The first kappa shape index (κ1) is 19.3. The van der Waals surface area contributed by atoms with Crippen molar-refractivity contribution < 1.29 is 4.79 Å². The first-order chi connectivity index (χ1) is 13.5. The minimum Gasteiger partial charge on any atom is -0.353 e. The maximum absolute atomic E-state index is 12.8. The van der Waals surface area contributed by atoms with Crippen LogP contribution in [-0.2, 0) is 17.8 Å². The molecule has 0 radical (unpaired) electrons. The van der Waals surface area contributed by atoms with Crippen molar-refractivity contribution in [3.05, 3.63) is 39.5 Å². The molecule has 0 unspecified atom stereocenters. The highest BCUT2D eigenvalue weighted by atomic mass is 32.1. The summed E-state index contributed by atoms with van der Waals surface area (Å²) in [6.45, 7) is 11.9. The SMILES string of the molecule is Cc1cc(N2CCN(C(=O)CN3CCc4sccc4C3)CC2)nc(C(C)C)n1. The molecule has 0 N–H and O–H groups in total. The van der Waals surface area contributed by atoms with E-state index in [4.69, 9.17) is 4.98 Å². The summed E-state index contributed by atoms with van der Waals surface area (Å²) in [6.07, 6.45) is 1.07. The number of aromatic nitrogens is 2. The van der Waals surface area contributed by atoms with E-state index in [1.807, 2.05) is 23.2 Å². The Kier molecular flexibility index (Phi) is 5.64. The molecule has 4 rings (SSSR count). The highest BCUT2D eigenvalue weighted by Crippen LogP contribution is 2.24. The van der Waals surface area contributed by atoms with Crippen LogP contribution in [0.1, 0.15) is 41.7 Å². The Morgan fingerprint density at radius 1 is 1.18 bits per heavy atom. The normalized spacial score (nSPS) is 17.9. The van der Waals surface area contributed by atoms with Crippen molar-refractivity contribution in [3.63, 3.8) is 0 Å². The van der Waals surface area contributed by atoms with Gasteiger partial charge in [0.05, 0.1) is 6.54 Å². The summed E-state index contributed by atoms with van der Waals surface area (Å²) in [4.78, 5) is 30.1. The second kappa shape index (κ2) is 8.17. The van der Waals surface area contributed by atoms with E-state index in [-0.39, 0.29) is 5.91 Å². The average molecular weight is 400 g/mol. The number of nitrogens with zero attached hydrogens (tertiary/aromatic N) is 5. The van der Waals surface area contributed by atoms with Gasteiger partial charge < -0.3 is 9.80 Å². The number of amides is 1. The van der Waals surface area contributed by atoms with Gasteiger partial charge in [0.2, 0.25) is 5.91 Å². The van der Waals surface area contributed by atoms with Crippen LogP contribution in [0.5, 0.6) is 0 Å². The molecule has 0 aliphatic carbocycles. The lowest BCUT2D eigenvalue weighted by atomic mass is 10.1. The fourth-order valence-corrected chi connectivity index (χ4v) is 4.80. The summed E-state index contributed by atoms with van der Waals surface area (Å²) < 4.78 is 0. The summed E-state index contributed by atoms with van der Waals surface area (Å²) >= 11 is 1.84. The van der Waals surface area contributed by atoms with Gasteiger partial charge >= 0.3 is 0 Å². The fourth-order valence-electron chi connectivity index (χ4n) is 3.91. The summed E-state index contributed by atoms with van der Waals surface area (Å²) in [6, 6.07) is 4.25. The maximum atomic E-state index is 12.8. The number of rotatable bonds is 4. The molecular weight excluding hydrogens is 370 g/mol. The van der Waals surface area contributed by atoms with Crippen molar-refractivity contribution in [1.29, 1.82) is 0 Å². The van der Waals surface area contributed by atoms with Gasteiger partial charge in [-0.25, -0.2) is 9.97 Å². The molecule has 28 heavy (non-hydrogen) atoms. The zero-order valence-electron chi connectivity index (χ0n) is 17.0. The molecule has 150 valence electrons. The van der Waals surface area contributed by atoms with E-state index in [0.717, 1.165) is 63.0 Å². The van der Waals surface area contributed by atoms with E-state index < -0.39 is 0 Å². The fraction of sp³-hybridized carbons (Fsp3) is 0.571. The van der Waals surface area contributed by atoms with Gasteiger partial charge in [0.1, 0.15) is 11.6 Å². The topological polar surface area (TPSA) is 52.6 Å². The van der Waals surface area contributed by atoms with Gasteiger partial charge in [-0.1, -0.05) is 13.8 Å². The summed E-state index contributed by atoms with van der Waals surface area (Å²) in [5, 5.41) is 2.16. The van der Waals surface area contributed by atoms with Gasteiger partial charge in [-0.05, 0) is 30.4 Å². The Morgan fingerprint density at radius 3 is 2.71 bits per heavy atom. The number of anilines is 1. The smallest absolute Gasteiger partial charge is 0.236 e. The van der Waals surface area contributed by atoms with Gasteiger partial charge in [-0.15, -0.1) is 11.3 Å². The van der Waals surface area contributed by atoms with Crippen LogP contribution in [0.15, 0.2) is 17.5 Å². The predicted octanol–water partition coefficient (Wildman–Crippen LogP) is 2.68. The van der Waals surface area contributed by atoms with Crippen molar-refractivity contribution in [2.75, 3.05) is 44.2 Å². The first-order valence-corrected chi connectivity index (χ1v) is 11.0. The third kappa shape index (κ3) is 4.20. The largest absolute Gasteiger partial charge is 0.353 e. The van der Waals surface area contributed by atoms with Gasteiger partial charge in [0.25, 0.3) is 0 Å². The van der Waals surface area contributed by atoms with Crippen molar-refractivity contribution in [2.45, 2.75) is 39.7 Å². The van der Waals surface area contributed by atoms with Crippen molar-refractivity contribution in [2.24, 2.45) is 0 Å². The van der Waals surface area contributed by atoms with Crippen LogP contribution in [0.25, 0.3) is 0 Å². The molecule has 0 saturated carbocycles. The molecule has 2 aliphatic heterocycles. The zero-order valence-corrected chi connectivity index (χ0v) is 17.8. The monoisotopic (exact) mass is 399 g/mol. The van der Waals surface area contributed by atoms with Gasteiger partial charge in [-0.3, -0.25) is 9.69 Å². The van der Waals surface area contributed by atoms with Crippen LogP contribution in [0.4, 0.5) is 5.82 Å². The quantitative estimate of drug-likeness (QED) is 0.791. The second-order valence-electron chi connectivity index (χ2n) is 8.08. The predicted molar refractivity (Wildman–Crippen MR) is 113 cm³/mol. The molecule has 7 heteroatoms. The van der Waals surface area contributed by atoms with Crippen LogP contribution in [0.2, 0.25) is 0 Å². The number of carbonyl (C=O) groups excluding carboxylic acids is 1. The standard InChI is InChI=1S/C21H29N5OS/c1-15(2)21-22-16(3)12-19(23-21)25-7-9-26(10-8-25)20(27)14-24-6-4-18-17(13-24)5-11-28-18/h5,11-12,15H,4,6-10,13-14H2,1-3H3. The van der Waals surface area contributed by atoms with Crippen molar-refractivity contribution >= 4 is 23.1 Å². The van der Waals surface area contributed by atoms with E-state index in [0.29, 0.717) is 12.5 Å². The Hall–Kier alpha value is -1.99. The molecule has 0 bridgehead atoms. The van der Waals surface area contributed by atoms with E-state index in [2.05, 4.69) is 46.1 Å². The molecule has 1 fully saturated rings. The Bertz CT molecular complexity index is 841. The minimum absolute atomic E-state index is 0.250. The van der Waals surface area contributed by atoms with Gasteiger partial charge in [0, 0.05) is 61.8 Å². The number of thiophene rings is 1. The Balaban J connectivity index is 1.32. The molecule has 2 aromatic rings. The Labute approximate surface area is 171 Å². The van der Waals surface area contributed by atoms with Crippen LogP contribution in [0, 0.1) is 6.92 Å². The van der Waals surface area contributed by atoms with E-state index >= 15 is 0 Å². The van der Waals surface area contributed by atoms with Crippen LogP contribution >= 0.6 is 11.3 Å². The molecule has 0 atom stereocenters. The third-order valence-corrected chi connectivity index (χ3v) is 6.60. The molecule has 6 nitrogen and oxygen atoms in total. The van der Waals surface area contributed by atoms with E-state index in [1.165, 1.54) is 10.4 Å². The van der Waals surface area contributed by atoms with E-state index in [9.17, 15) is 4.79 Å². The lowest BCUT2D eigenvalue weighted by Gasteiger charge is -2.37. The van der Waals surface area contributed by atoms with Gasteiger partial charge in [-0.2, -0.15) is 0 Å². The highest BCUT2D eigenvalue weighted by Gasteiger charge is 2.25. The number of hydrogen-bond acceptors (Lipinski definition) is 6. The zero-order chi connectivity index (χ0) is 19.7. The summed E-state index contributed by atoms with van der Waals surface area (Å²) in [5.74, 6) is 2.45. The number of carbonyl (C=O) groups is 1. The number of aryl methyl sites for hydroxylation is 1. The molecule has 0 aromatic carbocycles. The highest BCUT2D eigenvalue weighted by molar-refractivity contribution is 7.10.